The van der Waals surface area contributed by atoms with Crippen molar-refractivity contribution < 1.29 is 17.6 Å². The molecular formula is C18H12ClF4N3O. The number of nitrogens with one attached hydrogen (secondary N) is 1. The molecule has 0 aliphatic heterocycles. The zero-order valence-corrected chi connectivity index (χ0v) is 14.6. The van der Waals surface area contributed by atoms with Crippen LogP contribution < -0.4 is 10.9 Å². The maximum Gasteiger partial charge on any atom is 0.310 e. The fourth-order valence-corrected chi connectivity index (χ4v) is 2.62. The Bertz CT molecular complexity index is 1060. The molecule has 9 heteroatoms. The van der Waals surface area contributed by atoms with E-state index in [-0.39, 0.29) is 18.1 Å². The Hall–Kier alpha value is -2.87. The lowest BCUT2D eigenvalue weighted by Crippen LogP contribution is -2.20. The normalized spacial score (nSPS) is 10.9. The van der Waals surface area contributed by atoms with E-state index in [0.29, 0.717) is 16.3 Å². The SMILES string of the molecule is Cc1c(Cl)cccc1Nc1nc(=O)c(F)cn1Cc1cc(F)c(F)c(F)c1. The predicted octanol–water partition coefficient (Wildman–Crippen LogP) is 4.55. The van der Waals surface area contributed by atoms with E-state index in [0.717, 1.165) is 22.9 Å². The average molecular weight is 398 g/mol. The summed E-state index contributed by atoms with van der Waals surface area (Å²) in [6.45, 7) is 1.46. The number of hydrogen-bond acceptors (Lipinski definition) is 3. The molecule has 0 saturated heterocycles. The maximum absolute atomic E-state index is 13.7. The van der Waals surface area contributed by atoms with Gasteiger partial charge in [0.15, 0.2) is 17.5 Å². The summed E-state index contributed by atoms with van der Waals surface area (Å²) in [5.41, 5.74) is 0.0707. The second kappa shape index (κ2) is 7.40. The Morgan fingerprint density at radius 2 is 1.78 bits per heavy atom. The minimum Gasteiger partial charge on any atom is -0.325 e. The van der Waals surface area contributed by atoms with Crippen molar-refractivity contribution in [2.75, 3.05) is 5.32 Å². The second-order valence-electron chi connectivity index (χ2n) is 5.76. The van der Waals surface area contributed by atoms with E-state index in [1.807, 2.05) is 0 Å². The van der Waals surface area contributed by atoms with Gasteiger partial charge in [0, 0.05) is 16.9 Å². The topological polar surface area (TPSA) is 46.9 Å². The molecule has 0 radical (unpaired) electrons. The largest absolute Gasteiger partial charge is 0.325 e. The van der Waals surface area contributed by atoms with Crippen molar-refractivity contribution >= 4 is 23.2 Å². The van der Waals surface area contributed by atoms with Crippen LogP contribution >= 0.6 is 11.6 Å². The molecule has 0 spiro atoms. The molecule has 2 aromatic carbocycles. The molecule has 0 aliphatic carbocycles. The number of halogens is 5. The molecule has 0 atom stereocenters. The van der Waals surface area contributed by atoms with E-state index in [9.17, 15) is 22.4 Å². The zero-order chi connectivity index (χ0) is 19.7. The Morgan fingerprint density at radius 1 is 1.11 bits per heavy atom. The molecule has 0 unspecified atom stereocenters. The van der Waals surface area contributed by atoms with Crippen molar-refractivity contribution in [2.45, 2.75) is 13.5 Å². The van der Waals surface area contributed by atoms with Crippen LogP contribution in [-0.2, 0) is 6.54 Å². The monoisotopic (exact) mass is 397 g/mol. The van der Waals surface area contributed by atoms with Crippen LogP contribution in [0.5, 0.6) is 0 Å². The van der Waals surface area contributed by atoms with Gasteiger partial charge in [0.25, 0.3) is 0 Å². The molecule has 140 valence electrons. The molecule has 3 rings (SSSR count). The first-order chi connectivity index (χ1) is 12.8. The Balaban J connectivity index is 2.04. The van der Waals surface area contributed by atoms with Crippen molar-refractivity contribution in [3.05, 3.63) is 86.3 Å². The minimum absolute atomic E-state index is 0.0158. The molecule has 0 aliphatic rings. The van der Waals surface area contributed by atoms with Crippen LogP contribution in [0, 0.1) is 30.2 Å². The van der Waals surface area contributed by atoms with Gasteiger partial charge >= 0.3 is 5.56 Å². The zero-order valence-electron chi connectivity index (χ0n) is 13.9. The van der Waals surface area contributed by atoms with Gasteiger partial charge in [-0.25, -0.2) is 13.2 Å². The minimum atomic E-state index is -1.60. The first-order valence-corrected chi connectivity index (χ1v) is 8.06. The van der Waals surface area contributed by atoms with E-state index in [1.165, 1.54) is 0 Å². The third-order valence-electron chi connectivity index (χ3n) is 3.86. The molecule has 1 N–H and O–H groups in total. The summed E-state index contributed by atoms with van der Waals surface area (Å²) in [7, 11) is 0. The number of rotatable bonds is 4. The number of nitrogens with zero attached hydrogens (tertiary/aromatic N) is 2. The summed E-state index contributed by atoms with van der Waals surface area (Å²) in [4.78, 5) is 15.2. The lowest BCUT2D eigenvalue weighted by molar-refractivity contribution is 0.444. The van der Waals surface area contributed by atoms with Crippen LogP contribution in [0.3, 0.4) is 0 Å². The van der Waals surface area contributed by atoms with Crippen LogP contribution in [0.25, 0.3) is 0 Å². The van der Waals surface area contributed by atoms with Crippen LogP contribution in [0.1, 0.15) is 11.1 Å². The number of benzene rings is 2. The molecule has 4 nitrogen and oxygen atoms in total. The molecule has 3 aromatic rings. The van der Waals surface area contributed by atoms with Crippen LogP contribution in [0.4, 0.5) is 29.2 Å². The Kier molecular flexibility index (Phi) is 5.18. The van der Waals surface area contributed by atoms with Gasteiger partial charge in [0.05, 0.1) is 6.54 Å². The lowest BCUT2D eigenvalue weighted by atomic mass is 10.2. The van der Waals surface area contributed by atoms with Crippen molar-refractivity contribution in [2.24, 2.45) is 0 Å². The van der Waals surface area contributed by atoms with Crippen LogP contribution in [0.2, 0.25) is 5.02 Å². The molecule has 0 saturated carbocycles. The molecular weight excluding hydrogens is 386 g/mol. The van der Waals surface area contributed by atoms with Crippen LogP contribution in [0.15, 0.2) is 41.3 Å². The predicted molar refractivity (Wildman–Crippen MR) is 93.3 cm³/mol. The Morgan fingerprint density at radius 3 is 2.44 bits per heavy atom. The summed E-state index contributed by atoms with van der Waals surface area (Å²) in [6, 6.07) is 6.55. The van der Waals surface area contributed by atoms with Crippen molar-refractivity contribution in [3.63, 3.8) is 0 Å². The van der Waals surface area contributed by atoms with Crippen molar-refractivity contribution in [1.82, 2.24) is 9.55 Å². The highest BCUT2D eigenvalue weighted by molar-refractivity contribution is 6.31. The molecule has 0 fully saturated rings. The van der Waals surface area contributed by atoms with E-state index in [1.54, 1.807) is 25.1 Å². The average Bonchev–Trinajstić information content (AvgIpc) is 2.61. The third kappa shape index (κ3) is 3.95. The van der Waals surface area contributed by atoms with Gasteiger partial charge in [0.1, 0.15) is 0 Å². The smallest absolute Gasteiger partial charge is 0.310 e. The van der Waals surface area contributed by atoms with E-state index < -0.39 is 28.8 Å². The van der Waals surface area contributed by atoms with E-state index >= 15 is 0 Å². The summed E-state index contributed by atoms with van der Waals surface area (Å²) in [5, 5.41) is 3.31. The van der Waals surface area contributed by atoms with Crippen molar-refractivity contribution in [1.29, 1.82) is 0 Å². The number of hydrogen-bond donors (Lipinski definition) is 1. The van der Waals surface area contributed by atoms with E-state index in [2.05, 4.69) is 10.3 Å². The quantitative estimate of drug-likeness (QED) is 0.519. The van der Waals surface area contributed by atoms with E-state index in [4.69, 9.17) is 11.6 Å². The summed E-state index contributed by atoms with van der Waals surface area (Å²) in [5.74, 6) is -5.57. The van der Waals surface area contributed by atoms with Gasteiger partial charge in [-0.2, -0.15) is 9.37 Å². The molecule has 27 heavy (non-hydrogen) atoms. The molecule has 0 bridgehead atoms. The highest BCUT2D eigenvalue weighted by Gasteiger charge is 2.14. The first kappa shape index (κ1) is 18.9. The van der Waals surface area contributed by atoms with Gasteiger partial charge in [-0.05, 0) is 42.3 Å². The van der Waals surface area contributed by atoms with Gasteiger partial charge in [-0.3, -0.25) is 4.79 Å². The second-order valence-corrected chi connectivity index (χ2v) is 6.16. The summed E-state index contributed by atoms with van der Waals surface area (Å²) >= 11 is 6.05. The third-order valence-corrected chi connectivity index (χ3v) is 4.27. The lowest BCUT2D eigenvalue weighted by Gasteiger charge is -2.16. The summed E-state index contributed by atoms with van der Waals surface area (Å²) in [6.07, 6.45) is 0.844. The highest BCUT2D eigenvalue weighted by Crippen LogP contribution is 2.25. The van der Waals surface area contributed by atoms with Crippen LogP contribution in [-0.4, -0.2) is 9.55 Å². The molecule has 1 aromatic heterocycles. The number of anilines is 2. The maximum atomic E-state index is 13.7. The Labute approximate surface area is 156 Å². The fraction of sp³-hybridized carbons (Fsp3) is 0.111. The van der Waals surface area contributed by atoms with Gasteiger partial charge in [-0.1, -0.05) is 17.7 Å². The number of aromatic nitrogens is 2. The standard InChI is InChI=1S/C18H12ClF4N3O/c1-9-11(19)3-2-4-15(9)24-18-25-17(27)14(22)8-26(18)7-10-5-12(20)16(23)13(21)6-10/h2-6,8H,7H2,1H3,(H,24,25,27). The van der Waals surface area contributed by atoms with Gasteiger partial charge in [-0.15, -0.1) is 0 Å². The summed E-state index contributed by atoms with van der Waals surface area (Å²) < 4.78 is 54.8. The van der Waals surface area contributed by atoms with Gasteiger partial charge < -0.3 is 9.88 Å². The van der Waals surface area contributed by atoms with Gasteiger partial charge in [0.2, 0.25) is 11.8 Å². The fourth-order valence-electron chi connectivity index (χ4n) is 2.45. The molecule has 1 heterocycles. The van der Waals surface area contributed by atoms with Crippen molar-refractivity contribution in [3.8, 4) is 0 Å². The first-order valence-electron chi connectivity index (χ1n) is 7.69. The highest BCUT2D eigenvalue weighted by atomic mass is 35.5. The molecule has 0 amide bonds.